The molecule has 12 heteroatoms. The average molecular weight is 1100 g/mol. The number of unbranched alkanes of at least 4 members (excludes halogenated alkanes) is 36. The topological polar surface area (TPSA) is 147 Å². The standard InChI is InChI=1S/C66H134N8O4/c1-5-9-13-17-21-25-29-33-37-41-49-69-63(75)45-53-67-54-61-74(59-48-66(78)72-52-44-40-36-32-28-24-20-16-12-8-4)62-56-68-55-60-73(57-46-64(76)70-50-42-38-34-30-26-22-18-14-10-6-2)58-47-65(77)71-51-43-39-35-31-27-23-19-15-11-7-3/h67-68H,5-62H2,1-4H3,(H,69,75)(H,70,76)(H,71,77)(H,72,78). The van der Waals surface area contributed by atoms with Crippen LogP contribution in [0.25, 0.3) is 0 Å². The largest absolute Gasteiger partial charge is 0.356 e. The third-order valence-electron chi connectivity index (χ3n) is 15.7. The molecule has 0 aromatic carbocycles. The Kier molecular flexibility index (Phi) is 62.0. The first kappa shape index (κ1) is 75.7. The summed E-state index contributed by atoms with van der Waals surface area (Å²) in [6, 6.07) is 0. The minimum Gasteiger partial charge on any atom is -0.356 e. The Balaban J connectivity index is 5.02. The number of hydrogen-bond acceptors (Lipinski definition) is 8. The SMILES string of the molecule is CCCCCCCCCCCCNC(=O)CCNCCN(CCNCCN(CCC(=O)NCCCCCCCCCCCC)CCC(=O)NCCCCCCCCCCCC)CCC(=O)NCCCCCCCCCCCC. The van der Waals surface area contributed by atoms with E-state index in [1.807, 2.05) is 0 Å². The number of amides is 4. The summed E-state index contributed by atoms with van der Waals surface area (Å²) in [5.74, 6) is 0.418. The van der Waals surface area contributed by atoms with E-state index in [1.165, 1.54) is 231 Å². The Labute approximate surface area is 484 Å². The van der Waals surface area contributed by atoms with Gasteiger partial charge in [-0.1, -0.05) is 259 Å². The smallest absolute Gasteiger partial charge is 0.221 e. The van der Waals surface area contributed by atoms with Gasteiger partial charge in [-0.25, -0.2) is 0 Å². The second kappa shape index (κ2) is 63.9. The lowest BCUT2D eigenvalue weighted by Crippen LogP contribution is -2.42. The maximum absolute atomic E-state index is 13.0. The van der Waals surface area contributed by atoms with Crippen molar-refractivity contribution in [2.24, 2.45) is 0 Å². The van der Waals surface area contributed by atoms with Crippen molar-refractivity contribution in [1.82, 2.24) is 41.7 Å². The minimum absolute atomic E-state index is 0.0936. The van der Waals surface area contributed by atoms with Gasteiger partial charge in [-0.05, 0) is 25.7 Å². The number of carbonyl (C=O) groups is 4. The van der Waals surface area contributed by atoms with Gasteiger partial charge in [0.2, 0.25) is 23.6 Å². The first-order valence-electron chi connectivity index (χ1n) is 34.3. The van der Waals surface area contributed by atoms with E-state index in [0.29, 0.717) is 51.9 Å². The molecule has 6 N–H and O–H groups in total. The molecule has 0 fully saturated rings. The summed E-state index contributed by atoms with van der Waals surface area (Å²) in [6.45, 7) is 19.2. The summed E-state index contributed by atoms with van der Waals surface area (Å²) in [7, 11) is 0. The van der Waals surface area contributed by atoms with Crippen LogP contribution in [0.15, 0.2) is 0 Å². The molecule has 0 aliphatic carbocycles. The Morgan fingerprint density at radius 3 is 0.654 bits per heavy atom. The van der Waals surface area contributed by atoms with Gasteiger partial charge in [0.05, 0.1) is 0 Å². The lowest BCUT2D eigenvalue weighted by atomic mass is 10.1. The van der Waals surface area contributed by atoms with Gasteiger partial charge >= 0.3 is 0 Å². The molecule has 0 saturated heterocycles. The third-order valence-corrected chi connectivity index (χ3v) is 15.7. The second-order valence-corrected chi connectivity index (χ2v) is 23.3. The van der Waals surface area contributed by atoms with Crippen molar-refractivity contribution in [3.63, 3.8) is 0 Å². The molecule has 12 nitrogen and oxygen atoms in total. The highest BCUT2D eigenvalue weighted by molar-refractivity contribution is 5.77. The Bertz CT molecular complexity index is 1230. The molecular formula is C66H134N8O4. The van der Waals surface area contributed by atoms with E-state index in [1.54, 1.807) is 0 Å². The third kappa shape index (κ3) is 59.8. The molecular weight excluding hydrogens is 969 g/mol. The molecule has 0 rings (SSSR count). The van der Waals surface area contributed by atoms with Crippen molar-refractivity contribution >= 4 is 23.6 Å². The highest BCUT2D eigenvalue weighted by Gasteiger charge is 2.13. The molecule has 0 aliphatic rings. The predicted octanol–water partition coefficient (Wildman–Crippen LogP) is 14.5. The van der Waals surface area contributed by atoms with Crippen molar-refractivity contribution in [2.45, 2.75) is 310 Å². The van der Waals surface area contributed by atoms with Gasteiger partial charge in [-0.3, -0.25) is 19.2 Å². The summed E-state index contributed by atoms with van der Waals surface area (Å²) in [5.41, 5.74) is 0. The highest BCUT2D eigenvalue weighted by atomic mass is 16.2. The molecule has 0 radical (unpaired) electrons. The van der Waals surface area contributed by atoms with Crippen LogP contribution < -0.4 is 31.9 Å². The Morgan fingerprint density at radius 1 is 0.218 bits per heavy atom. The first-order valence-corrected chi connectivity index (χ1v) is 34.3. The number of hydrogen-bond donors (Lipinski definition) is 6. The Morgan fingerprint density at radius 2 is 0.410 bits per heavy atom. The van der Waals surface area contributed by atoms with E-state index in [4.69, 9.17) is 0 Å². The van der Waals surface area contributed by atoms with Gasteiger partial charge in [-0.2, -0.15) is 0 Å². The zero-order valence-corrected chi connectivity index (χ0v) is 52.5. The van der Waals surface area contributed by atoms with Crippen molar-refractivity contribution in [1.29, 1.82) is 0 Å². The molecule has 0 unspecified atom stereocenters. The van der Waals surface area contributed by atoms with Crippen molar-refractivity contribution in [3.8, 4) is 0 Å². The summed E-state index contributed by atoms with van der Waals surface area (Å²) in [4.78, 5) is 56.1. The second-order valence-electron chi connectivity index (χ2n) is 23.3. The van der Waals surface area contributed by atoms with E-state index in [-0.39, 0.29) is 23.6 Å². The van der Waals surface area contributed by atoms with Crippen LogP contribution in [0.2, 0.25) is 0 Å². The maximum atomic E-state index is 13.0. The summed E-state index contributed by atoms with van der Waals surface area (Å²) in [5, 5.41) is 19.7. The fraction of sp³-hybridized carbons (Fsp3) is 0.939. The van der Waals surface area contributed by atoms with Crippen molar-refractivity contribution < 1.29 is 19.2 Å². The molecule has 0 spiro atoms. The Hall–Kier alpha value is -2.28. The predicted molar refractivity (Wildman–Crippen MR) is 337 cm³/mol. The minimum atomic E-state index is 0.0936. The molecule has 0 heterocycles. The molecule has 0 aromatic heterocycles. The monoisotopic (exact) mass is 1100 g/mol. The fourth-order valence-corrected chi connectivity index (χ4v) is 10.3. The van der Waals surface area contributed by atoms with Gasteiger partial charge in [0.25, 0.3) is 0 Å². The molecule has 0 aromatic rings. The van der Waals surface area contributed by atoms with Crippen LogP contribution in [0.3, 0.4) is 0 Å². The van der Waals surface area contributed by atoms with Gasteiger partial charge in [-0.15, -0.1) is 0 Å². The van der Waals surface area contributed by atoms with Crippen molar-refractivity contribution in [2.75, 3.05) is 91.6 Å². The first-order chi connectivity index (χ1) is 38.4. The molecule has 0 saturated carbocycles. The average Bonchev–Trinajstić information content (AvgIpc) is 3.43. The van der Waals surface area contributed by atoms with Crippen LogP contribution in [0.5, 0.6) is 0 Å². The molecule has 78 heavy (non-hydrogen) atoms. The normalized spacial score (nSPS) is 11.5. The molecule has 4 amide bonds. The number of nitrogens with one attached hydrogen (secondary N) is 6. The van der Waals surface area contributed by atoms with Crippen LogP contribution in [-0.2, 0) is 19.2 Å². The lowest BCUT2D eigenvalue weighted by molar-refractivity contribution is -0.122. The van der Waals surface area contributed by atoms with E-state index < -0.39 is 0 Å². The molecule has 0 bridgehead atoms. The number of rotatable bonds is 65. The van der Waals surface area contributed by atoms with Gasteiger partial charge in [0.1, 0.15) is 0 Å². The van der Waals surface area contributed by atoms with Crippen LogP contribution in [0.1, 0.15) is 310 Å². The summed E-state index contributed by atoms with van der Waals surface area (Å²) in [6.07, 6.45) is 53.1. The lowest BCUT2D eigenvalue weighted by Gasteiger charge is -2.24. The van der Waals surface area contributed by atoms with Crippen molar-refractivity contribution in [3.05, 3.63) is 0 Å². The van der Waals surface area contributed by atoms with Gasteiger partial charge < -0.3 is 41.7 Å². The summed E-state index contributed by atoms with van der Waals surface area (Å²) < 4.78 is 0. The van der Waals surface area contributed by atoms with Crippen LogP contribution >= 0.6 is 0 Å². The van der Waals surface area contributed by atoms with Gasteiger partial charge in [0, 0.05) is 117 Å². The van der Waals surface area contributed by atoms with E-state index >= 15 is 0 Å². The van der Waals surface area contributed by atoms with Crippen LogP contribution in [-0.4, -0.2) is 125 Å². The van der Waals surface area contributed by atoms with Crippen LogP contribution in [0, 0.1) is 0 Å². The maximum Gasteiger partial charge on any atom is 0.221 e. The highest BCUT2D eigenvalue weighted by Crippen LogP contribution is 2.14. The molecule has 462 valence electrons. The number of nitrogens with zero attached hydrogens (tertiary/aromatic N) is 2. The van der Waals surface area contributed by atoms with E-state index in [9.17, 15) is 19.2 Å². The zero-order valence-electron chi connectivity index (χ0n) is 52.5. The van der Waals surface area contributed by atoms with E-state index in [2.05, 4.69) is 69.4 Å². The number of carbonyl (C=O) groups excluding carboxylic acids is 4. The van der Waals surface area contributed by atoms with Crippen LogP contribution in [0.4, 0.5) is 0 Å². The quantitative estimate of drug-likeness (QED) is 0.0330. The fourth-order valence-electron chi connectivity index (χ4n) is 10.3. The van der Waals surface area contributed by atoms with Gasteiger partial charge in [0.15, 0.2) is 0 Å². The molecule has 0 atom stereocenters. The molecule has 0 aliphatic heterocycles. The van der Waals surface area contributed by atoms with E-state index in [0.717, 1.165) is 91.1 Å². The summed E-state index contributed by atoms with van der Waals surface area (Å²) >= 11 is 0. The zero-order chi connectivity index (χ0) is 56.7.